The Bertz CT molecular complexity index is 441. The lowest BCUT2D eigenvalue weighted by Crippen LogP contribution is -2.05. The first-order chi connectivity index (χ1) is 8.99. The molecule has 0 aliphatic rings. The fraction of sp³-hybridized carbons (Fsp3) is 0.562. The van der Waals surface area contributed by atoms with Gasteiger partial charge in [-0.1, -0.05) is 18.5 Å². The van der Waals surface area contributed by atoms with Gasteiger partial charge in [-0.3, -0.25) is 0 Å². The molecule has 1 rings (SSSR count). The third kappa shape index (κ3) is 4.54. The van der Waals surface area contributed by atoms with E-state index in [4.69, 9.17) is 16.3 Å². The second-order valence-corrected chi connectivity index (χ2v) is 5.33. The lowest BCUT2D eigenvalue weighted by Gasteiger charge is -2.20. The van der Waals surface area contributed by atoms with Crippen molar-refractivity contribution in [2.45, 2.75) is 52.9 Å². The zero-order chi connectivity index (χ0) is 14.4. The van der Waals surface area contributed by atoms with E-state index in [2.05, 4.69) is 6.92 Å². The van der Waals surface area contributed by atoms with Crippen molar-refractivity contribution in [3.8, 4) is 5.75 Å². The molecule has 1 unspecified atom stereocenters. The van der Waals surface area contributed by atoms with Crippen LogP contribution in [0.2, 0.25) is 5.02 Å². The maximum absolute atomic E-state index is 11.2. The zero-order valence-corrected chi connectivity index (χ0v) is 13.0. The van der Waals surface area contributed by atoms with Gasteiger partial charge in [0.25, 0.3) is 0 Å². The van der Waals surface area contributed by atoms with E-state index in [0.29, 0.717) is 18.9 Å². The number of ether oxygens (including phenoxy) is 1. The third-order valence-corrected chi connectivity index (χ3v) is 3.78. The maximum atomic E-state index is 11.2. The lowest BCUT2D eigenvalue weighted by molar-refractivity contribution is -0.117. The van der Waals surface area contributed by atoms with Gasteiger partial charge in [-0.15, -0.1) is 0 Å². The lowest BCUT2D eigenvalue weighted by atomic mass is 9.90. The molecule has 0 aliphatic heterocycles. The highest BCUT2D eigenvalue weighted by Gasteiger charge is 2.17. The SMILES string of the molecule is CCOc1cc(C)c(Cl)cc1C(CC)CCC(C)=O. The smallest absolute Gasteiger partial charge is 0.129 e. The van der Waals surface area contributed by atoms with Gasteiger partial charge in [-0.25, -0.2) is 0 Å². The summed E-state index contributed by atoms with van der Waals surface area (Å²) < 4.78 is 5.72. The number of aryl methyl sites for hydroxylation is 1. The second-order valence-electron chi connectivity index (χ2n) is 4.92. The molecule has 0 amide bonds. The molecule has 0 bridgehead atoms. The Hall–Kier alpha value is -1.02. The molecule has 0 N–H and O–H groups in total. The molecule has 0 saturated heterocycles. The van der Waals surface area contributed by atoms with Crippen LogP contribution < -0.4 is 4.74 Å². The van der Waals surface area contributed by atoms with Gasteiger partial charge in [-0.2, -0.15) is 0 Å². The molecule has 106 valence electrons. The summed E-state index contributed by atoms with van der Waals surface area (Å²) in [4.78, 5) is 11.2. The number of Topliss-reactive ketones (excluding diaryl/α,β-unsaturated/α-hetero) is 1. The first-order valence-electron chi connectivity index (χ1n) is 6.91. The van der Waals surface area contributed by atoms with E-state index >= 15 is 0 Å². The topological polar surface area (TPSA) is 26.3 Å². The van der Waals surface area contributed by atoms with E-state index in [9.17, 15) is 4.79 Å². The Balaban J connectivity index is 3.06. The summed E-state index contributed by atoms with van der Waals surface area (Å²) in [6.45, 7) is 8.36. The Morgan fingerprint density at radius 3 is 2.58 bits per heavy atom. The van der Waals surface area contributed by atoms with Gasteiger partial charge in [0.1, 0.15) is 11.5 Å². The van der Waals surface area contributed by atoms with Gasteiger partial charge in [0.05, 0.1) is 6.61 Å². The summed E-state index contributed by atoms with van der Waals surface area (Å²) in [5, 5.41) is 0.764. The fourth-order valence-electron chi connectivity index (χ4n) is 2.23. The van der Waals surface area contributed by atoms with Crippen LogP contribution in [0, 0.1) is 6.92 Å². The molecule has 19 heavy (non-hydrogen) atoms. The van der Waals surface area contributed by atoms with Gasteiger partial charge in [0, 0.05) is 11.4 Å². The van der Waals surface area contributed by atoms with Crippen molar-refractivity contribution in [1.29, 1.82) is 0 Å². The number of carbonyl (C=O) groups is 1. The summed E-state index contributed by atoms with van der Waals surface area (Å²) >= 11 is 6.23. The van der Waals surface area contributed by atoms with Crippen LogP contribution >= 0.6 is 11.6 Å². The number of hydrogen-bond acceptors (Lipinski definition) is 2. The Morgan fingerprint density at radius 1 is 1.37 bits per heavy atom. The van der Waals surface area contributed by atoms with Crippen molar-refractivity contribution in [2.24, 2.45) is 0 Å². The summed E-state index contributed by atoms with van der Waals surface area (Å²) in [5.41, 5.74) is 2.15. The monoisotopic (exact) mass is 282 g/mol. The number of carbonyl (C=O) groups excluding carboxylic acids is 1. The van der Waals surface area contributed by atoms with Gasteiger partial charge < -0.3 is 9.53 Å². The molecule has 0 aliphatic carbocycles. The van der Waals surface area contributed by atoms with Crippen LogP contribution in [0.3, 0.4) is 0 Å². The molecule has 1 aromatic carbocycles. The van der Waals surface area contributed by atoms with Crippen molar-refractivity contribution < 1.29 is 9.53 Å². The molecule has 1 atom stereocenters. The molecule has 0 radical (unpaired) electrons. The fourth-order valence-corrected chi connectivity index (χ4v) is 2.40. The van der Waals surface area contributed by atoms with Crippen LogP contribution in [0.4, 0.5) is 0 Å². The number of benzene rings is 1. The van der Waals surface area contributed by atoms with Crippen LogP contribution in [0.15, 0.2) is 12.1 Å². The highest BCUT2D eigenvalue weighted by atomic mass is 35.5. The van der Waals surface area contributed by atoms with Crippen molar-refractivity contribution >= 4 is 17.4 Å². The standard InChI is InChI=1S/C16H23ClO2/c1-5-13(8-7-12(4)18)14-10-15(17)11(3)9-16(14)19-6-2/h9-10,13H,5-8H2,1-4H3. The minimum atomic E-state index is 0.231. The first-order valence-corrected chi connectivity index (χ1v) is 7.29. The Morgan fingerprint density at radius 2 is 2.05 bits per heavy atom. The van der Waals surface area contributed by atoms with Crippen molar-refractivity contribution in [2.75, 3.05) is 6.61 Å². The number of rotatable bonds is 7. The number of ketones is 1. The van der Waals surface area contributed by atoms with E-state index in [1.807, 2.05) is 26.0 Å². The summed E-state index contributed by atoms with van der Waals surface area (Å²) in [5.74, 6) is 1.46. The average molecular weight is 283 g/mol. The minimum Gasteiger partial charge on any atom is -0.494 e. The van der Waals surface area contributed by atoms with E-state index in [1.165, 1.54) is 0 Å². The minimum absolute atomic E-state index is 0.231. The van der Waals surface area contributed by atoms with Crippen LogP contribution in [-0.2, 0) is 4.79 Å². The molecule has 1 aromatic rings. The number of hydrogen-bond donors (Lipinski definition) is 0. The molecular formula is C16H23ClO2. The molecule has 0 spiro atoms. The normalized spacial score (nSPS) is 12.3. The van der Waals surface area contributed by atoms with Crippen LogP contribution in [0.1, 0.15) is 57.1 Å². The van der Waals surface area contributed by atoms with E-state index in [0.717, 1.165) is 34.7 Å². The second kappa shape index (κ2) is 7.54. The first kappa shape index (κ1) is 16.0. The third-order valence-electron chi connectivity index (χ3n) is 3.37. The van der Waals surface area contributed by atoms with E-state index in [-0.39, 0.29) is 5.78 Å². The van der Waals surface area contributed by atoms with Gasteiger partial charge in [0.2, 0.25) is 0 Å². The predicted molar refractivity (Wildman–Crippen MR) is 80.3 cm³/mol. The predicted octanol–water partition coefficient (Wildman–Crippen LogP) is 4.91. The number of halogens is 1. The highest BCUT2D eigenvalue weighted by molar-refractivity contribution is 6.31. The molecule has 0 aromatic heterocycles. The van der Waals surface area contributed by atoms with E-state index in [1.54, 1.807) is 6.92 Å². The Kier molecular flexibility index (Phi) is 6.36. The van der Waals surface area contributed by atoms with Crippen LogP contribution in [0.25, 0.3) is 0 Å². The van der Waals surface area contributed by atoms with Gasteiger partial charge in [0.15, 0.2) is 0 Å². The summed E-state index contributed by atoms with van der Waals surface area (Å²) in [7, 11) is 0. The van der Waals surface area contributed by atoms with Crippen molar-refractivity contribution in [1.82, 2.24) is 0 Å². The molecule has 3 heteroatoms. The molecule has 0 fully saturated rings. The van der Waals surface area contributed by atoms with Gasteiger partial charge >= 0.3 is 0 Å². The molecule has 0 saturated carbocycles. The molecule has 2 nitrogen and oxygen atoms in total. The van der Waals surface area contributed by atoms with E-state index < -0.39 is 0 Å². The van der Waals surface area contributed by atoms with Crippen LogP contribution in [0.5, 0.6) is 5.75 Å². The highest BCUT2D eigenvalue weighted by Crippen LogP contribution is 2.36. The largest absolute Gasteiger partial charge is 0.494 e. The van der Waals surface area contributed by atoms with Crippen molar-refractivity contribution in [3.05, 3.63) is 28.3 Å². The summed E-state index contributed by atoms with van der Waals surface area (Å²) in [6, 6.07) is 3.99. The Labute approximate surface area is 121 Å². The quantitative estimate of drug-likeness (QED) is 0.710. The average Bonchev–Trinajstić information content (AvgIpc) is 2.35. The summed E-state index contributed by atoms with van der Waals surface area (Å²) in [6.07, 6.45) is 2.44. The zero-order valence-electron chi connectivity index (χ0n) is 12.3. The van der Waals surface area contributed by atoms with Gasteiger partial charge in [-0.05, 0) is 62.8 Å². The van der Waals surface area contributed by atoms with Crippen LogP contribution in [-0.4, -0.2) is 12.4 Å². The molecular weight excluding hydrogens is 260 g/mol. The molecule has 0 heterocycles. The maximum Gasteiger partial charge on any atom is 0.129 e. The van der Waals surface area contributed by atoms with Crippen molar-refractivity contribution in [3.63, 3.8) is 0 Å².